The lowest BCUT2D eigenvalue weighted by Gasteiger charge is -2.36. The van der Waals surface area contributed by atoms with Crippen molar-refractivity contribution in [2.75, 3.05) is 44.2 Å². The molecule has 0 saturated carbocycles. The molecule has 3 aromatic rings. The number of hydrogen-bond acceptors (Lipinski definition) is 7. The van der Waals surface area contributed by atoms with E-state index in [9.17, 15) is 17.6 Å². The molecule has 37 heavy (non-hydrogen) atoms. The van der Waals surface area contributed by atoms with Gasteiger partial charge in [-0.3, -0.25) is 4.79 Å². The first kappa shape index (κ1) is 25.4. The number of sulfonamides is 1. The van der Waals surface area contributed by atoms with E-state index in [2.05, 4.69) is 10.4 Å². The molecule has 5 rings (SSSR count). The minimum atomic E-state index is -3.47. The molecule has 0 bridgehead atoms. The molecule has 3 heterocycles. The van der Waals surface area contributed by atoms with E-state index in [4.69, 9.17) is 4.74 Å². The molecule has 9 nitrogen and oxygen atoms in total. The first-order valence-corrected chi connectivity index (χ1v) is 14.0. The van der Waals surface area contributed by atoms with E-state index in [0.29, 0.717) is 37.6 Å². The average molecular weight is 528 g/mol. The quantitative estimate of drug-likeness (QED) is 0.503. The van der Waals surface area contributed by atoms with E-state index in [0.717, 1.165) is 31.5 Å². The summed E-state index contributed by atoms with van der Waals surface area (Å²) in [5.41, 5.74) is 1.30. The summed E-state index contributed by atoms with van der Waals surface area (Å²) in [6.07, 6.45) is 2.99. The number of piperazine rings is 1. The number of nitrogens with one attached hydrogen (secondary N) is 1. The van der Waals surface area contributed by atoms with E-state index in [1.54, 1.807) is 18.3 Å². The molecular weight excluding hydrogens is 497 g/mol. The second kappa shape index (κ2) is 11.0. The van der Waals surface area contributed by atoms with E-state index in [1.807, 2.05) is 23.1 Å². The maximum absolute atomic E-state index is 13.6. The third-order valence-electron chi connectivity index (χ3n) is 6.72. The highest BCUT2D eigenvalue weighted by Crippen LogP contribution is 2.28. The highest BCUT2D eigenvalue weighted by molar-refractivity contribution is 7.88. The van der Waals surface area contributed by atoms with Crippen LogP contribution in [0.25, 0.3) is 5.69 Å². The van der Waals surface area contributed by atoms with Crippen molar-refractivity contribution < 1.29 is 17.5 Å². The van der Waals surface area contributed by atoms with E-state index in [-0.39, 0.29) is 17.6 Å². The number of rotatable bonds is 7. The zero-order valence-electron chi connectivity index (χ0n) is 20.4. The van der Waals surface area contributed by atoms with Crippen molar-refractivity contribution in [3.63, 3.8) is 0 Å². The molecule has 0 atom stereocenters. The first-order chi connectivity index (χ1) is 17.9. The van der Waals surface area contributed by atoms with Crippen molar-refractivity contribution >= 4 is 15.7 Å². The third kappa shape index (κ3) is 5.84. The molecular formula is C26H30FN5O4S. The van der Waals surface area contributed by atoms with Crippen molar-refractivity contribution in [3.8, 4) is 11.4 Å². The van der Waals surface area contributed by atoms with Gasteiger partial charge in [0.2, 0.25) is 15.8 Å². The number of aromatic nitrogens is 2. The highest BCUT2D eigenvalue weighted by atomic mass is 32.2. The number of halogens is 1. The monoisotopic (exact) mass is 527 g/mol. The van der Waals surface area contributed by atoms with Gasteiger partial charge in [0, 0.05) is 26.2 Å². The predicted octanol–water partition coefficient (Wildman–Crippen LogP) is 2.15. The Labute approximate surface area is 215 Å². The van der Waals surface area contributed by atoms with Gasteiger partial charge in [-0.2, -0.15) is 14.1 Å². The minimum Gasteiger partial charge on any atom is -0.483 e. The number of ether oxygens (including phenoxy) is 1. The lowest BCUT2D eigenvalue weighted by Crippen LogP contribution is -2.49. The second-order valence-electron chi connectivity index (χ2n) is 9.25. The standard InChI is InChI=1S/C26H30FN5O4S/c27-21-6-8-22(9-7-21)32-26(33)25(36-23-10-12-28-13-11-23)24(18-29-32)30-14-16-31(17-15-30)37(34,35)19-20-4-2-1-3-5-20/h1-9,18,23,28H,10-17,19H2. The van der Waals surface area contributed by atoms with Crippen LogP contribution in [0.5, 0.6) is 5.75 Å². The Morgan fingerprint density at radius 2 is 1.65 bits per heavy atom. The summed E-state index contributed by atoms with van der Waals surface area (Å²) in [5.74, 6) is -0.265. The topological polar surface area (TPSA) is 96.8 Å². The van der Waals surface area contributed by atoms with Crippen molar-refractivity contribution in [1.82, 2.24) is 19.4 Å². The number of nitrogens with zero attached hydrogens (tertiary/aromatic N) is 4. The third-order valence-corrected chi connectivity index (χ3v) is 8.57. The van der Waals surface area contributed by atoms with Crippen LogP contribution in [0.3, 0.4) is 0 Å². The maximum Gasteiger partial charge on any atom is 0.316 e. The summed E-state index contributed by atoms with van der Waals surface area (Å²) in [6.45, 7) is 2.99. The van der Waals surface area contributed by atoms with Crippen LogP contribution in [0.15, 0.2) is 65.6 Å². The Hall–Kier alpha value is -3.28. The smallest absolute Gasteiger partial charge is 0.316 e. The molecule has 2 aliphatic heterocycles. The molecule has 0 aliphatic carbocycles. The Bertz CT molecular complexity index is 1370. The molecule has 0 unspecified atom stereocenters. The Morgan fingerprint density at radius 3 is 2.32 bits per heavy atom. The van der Waals surface area contributed by atoms with Crippen molar-refractivity contribution in [2.24, 2.45) is 0 Å². The first-order valence-electron chi connectivity index (χ1n) is 12.4. The molecule has 196 valence electrons. The van der Waals surface area contributed by atoms with Crippen LogP contribution in [0.4, 0.5) is 10.1 Å². The number of piperidine rings is 1. The van der Waals surface area contributed by atoms with Gasteiger partial charge in [0.25, 0.3) is 0 Å². The predicted molar refractivity (Wildman–Crippen MR) is 139 cm³/mol. The van der Waals surface area contributed by atoms with Gasteiger partial charge in [-0.1, -0.05) is 30.3 Å². The van der Waals surface area contributed by atoms with Gasteiger partial charge in [-0.15, -0.1) is 0 Å². The van der Waals surface area contributed by atoms with Crippen LogP contribution < -0.4 is 20.5 Å². The largest absolute Gasteiger partial charge is 0.483 e. The molecule has 1 aromatic heterocycles. The van der Waals surface area contributed by atoms with Gasteiger partial charge in [0.15, 0.2) is 0 Å². The van der Waals surface area contributed by atoms with Gasteiger partial charge < -0.3 is 15.0 Å². The van der Waals surface area contributed by atoms with Gasteiger partial charge in [0.05, 0.1) is 17.6 Å². The Kier molecular flexibility index (Phi) is 7.54. The average Bonchev–Trinajstić information content (AvgIpc) is 2.91. The summed E-state index contributed by atoms with van der Waals surface area (Å²) in [7, 11) is -3.47. The SMILES string of the molecule is O=c1c(OC2CCNCC2)c(N2CCN(S(=O)(=O)Cc3ccccc3)CC2)cnn1-c1ccc(F)cc1. The number of benzene rings is 2. The fourth-order valence-electron chi connectivity index (χ4n) is 4.69. The molecule has 2 saturated heterocycles. The molecule has 2 fully saturated rings. The van der Waals surface area contributed by atoms with Gasteiger partial charge in [0.1, 0.15) is 17.6 Å². The molecule has 0 radical (unpaired) electrons. The molecule has 2 aliphatic rings. The van der Waals surface area contributed by atoms with Crippen LogP contribution in [0.2, 0.25) is 0 Å². The minimum absolute atomic E-state index is 0.0484. The molecule has 0 spiro atoms. The Balaban J connectivity index is 1.38. The molecule has 11 heteroatoms. The summed E-state index contributed by atoms with van der Waals surface area (Å²) >= 11 is 0. The highest BCUT2D eigenvalue weighted by Gasteiger charge is 2.30. The fraction of sp³-hybridized carbons (Fsp3) is 0.385. The lowest BCUT2D eigenvalue weighted by molar-refractivity contribution is 0.159. The number of hydrogen-bond donors (Lipinski definition) is 1. The van der Waals surface area contributed by atoms with Crippen LogP contribution >= 0.6 is 0 Å². The second-order valence-corrected chi connectivity index (χ2v) is 11.2. The molecule has 2 aromatic carbocycles. The van der Waals surface area contributed by atoms with E-state index < -0.39 is 21.4 Å². The fourth-order valence-corrected chi connectivity index (χ4v) is 6.21. The van der Waals surface area contributed by atoms with E-state index in [1.165, 1.54) is 33.3 Å². The summed E-state index contributed by atoms with van der Waals surface area (Å²) in [5, 5.41) is 7.63. The van der Waals surface area contributed by atoms with Gasteiger partial charge >= 0.3 is 5.56 Å². The zero-order valence-corrected chi connectivity index (χ0v) is 21.2. The maximum atomic E-state index is 13.6. The van der Waals surface area contributed by atoms with Crippen LogP contribution in [-0.2, 0) is 15.8 Å². The van der Waals surface area contributed by atoms with Gasteiger partial charge in [-0.05, 0) is 55.8 Å². The summed E-state index contributed by atoms with van der Waals surface area (Å²) < 4.78 is 48.4. The summed E-state index contributed by atoms with van der Waals surface area (Å²) in [6, 6.07) is 14.7. The lowest BCUT2D eigenvalue weighted by atomic mass is 10.1. The number of anilines is 1. The molecule has 1 N–H and O–H groups in total. The van der Waals surface area contributed by atoms with Crippen LogP contribution in [-0.4, -0.2) is 67.9 Å². The van der Waals surface area contributed by atoms with Crippen molar-refractivity contribution in [1.29, 1.82) is 0 Å². The van der Waals surface area contributed by atoms with Crippen molar-refractivity contribution in [3.05, 3.63) is 82.5 Å². The Morgan fingerprint density at radius 1 is 0.973 bits per heavy atom. The van der Waals surface area contributed by atoms with Crippen LogP contribution in [0.1, 0.15) is 18.4 Å². The normalized spacial score (nSPS) is 17.6. The zero-order chi connectivity index (χ0) is 25.8. The van der Waals surface area contributed by atoms with Gasteiger partial charge in [-0.25, -0.2) is 12.8 Å². The summed E-state index contributed by atoms with van der Waals surface area (Å²) in [4.78, 5) is 15.5. The van der Waals surface area contributed by atoms with Crippen molar-refractivity contribution in [2.45, 2.75) is 24.7 Å². The van der Waals surface area contributed by atoms with Crippen LogP contribution in [0, 0.1) is 5.82 Å². The van der Waals surface area contributed by atoms with E-state index >= 15 is 0 Å². The molecule has 0 amide bonds.